The third-order valence-corrected chi connectivity index (χ3v) is 3.38. The molecule has 2 aliphatic rings. The highest BCUT2D eigenvalue weighted by Gasteiger charge is 2.22. The Morgan fingerprint density at radius 1 is 1.23 bits per heavy atom. The van der Waals surface area contributed by atoms with Crippen LogP contribution in [0.5, 0.6) is 0 Å². The molecule has 2 aliphatic heterocycles. The highest BCUT2D eigenvalue weighted by atomic mass is 32.2. The second kappa shape index (κ2) is 2.74. The molecule has 13 heavy (non-hydrogen) atoms. The van der Waals surface area contributed by atoms with Crippen LogP contribution in [-0.2, 0) is 0 Å². The maximum atomic E-state index is 4.58. The van der Waals surface area contributed by atoms with Gasteiger partial charge in [0.1, 0.15) is 5.04 Å². The zero-order valence-electron chi connectivity index (χ0n) is 7.16. The minimum Gasteiger partial charge on any atom is -0.241 e. The average molecular weight is 187 g/mol. The molecule has 0 N–H and O–H groups in total. The van der Waals surface area contributed by atoms with Crippen LogP contribution in [0.25, 0.3) is 5.57 Å². The lowest BCUT2D eigenvalue weighted by molar-refractivity contribution is 1.25. The van der Waals surface area contributed by atoms with Crippen LogP contribution < -0.4 is 0 Å². The third kappa shape index (κ3) is 1.05. The van der Waals surface area contributed by atoms with E-state index in [1.54, 1.807) is 0 Å². The fraction of sp³-hybridized carbons (Fsp3) is 0.182. The van der Waals surface area contributed by atoms with Crippen LogP contribution >= 0.6 is 11.8 Å². The molecule has 3 rings (SSSR count). The van der Waals surface area contributed by atoms with E-state index in [-0.39, 0.29) is 0 Å². The molecule has 0 saturated carbocycles. The quantitative estimate of drug-likeness (QED) is 0.607. The Morgan fingerprint density at radius 2 is 2.15 bits per heavy atom. The summed E-state index contributed by atoms with van der Waals surface area (Å²) >= 11 is 1.87. The maximum absolute atomic E-state index is 4.58. The van der Waals surface area contributed by atoms with Crippen LogP contribution in [0.15, 0.2) is 35.3 Å². The lowest BCUT2D eigenvalue weighted by Crippen LogP contribution is -1.98. The Bertz CT molecular complexity index is 418. The van der Waals surface area contributed by atoms with Gasteiger partial charge in [0.2, 0.25) is 0 Å². The molecule has 2 heterocycles. The number of benzene rings is 1. The number of aliphatic imine (C=N–C) groups is 1. The Kier molecular flexibility index (Phi) is 1.56. The van der Waals surface area contributed by atoms with E-state index in [4.69, 9.17) is 0 Å². The third-order valence-electron chi connectivity index (χ3n) is 2.35. The zero-order chi connectivity index (χ0) is 8.67. The molecule has 0 aliphatic carbocycles. The number of hydrogen-bond donors (Lipinski definition) is 0. The number of allylic oxidation sites excluding steroid dienone is 1. The fourth-order valence-corrected chi connectivity index (χ4v) is 2.69. The van der Waals surface area contributed by atoms with Crippen LogP contribution in [0.1, 0.15) is 12.0 Å². The molecular weight excluding hydrogens is 178 g/mol. The van der Waals surface area contributed by atoms with E-state index in [0.29, 0.717) is 0 Å². The lowest BCUT2D eigenvalue weighted by atomic mass is 10.1. The summed E-state index contributed by atoms with van der Waals surface area (Å²) in [5.41, 5.74) is 3.80. The van der Waals surface area contributed by atoms with E-state index < -0.39 is 0 Å². The molecule has 0 fully saturated rings. The monoisotopic (exact) mass is 187 g/mol. The SMILES string of the molecule is C1=C2C(=Nc3ccccc32)SCC1. The first kappa shape index (κ1) is 7.39. The number of rotatable bonds is 0. The topological polar surface area (TPSA) is 12.4 Å². The first-order valence-corrected chi connectivity index (χ1v) is 5.45. The minimum absolute atomic E-state index is 1.14. The van der Waals surface area contributed by atoms with Gasteiger partial charge in [-0.1, -0.05) is 24.3 Å². The number of fused-ring (bicyclic) bond motifs is 3. The molecule has 0 aromatic heterocycles. The van der Waals surface area contributed by atoms with Crippen molar-refractivity contribution in [1.29, 1.82) is 0 Å². The Labute approximate surface area is 81.6 Å². The summed E-state index contributed by atoms with van der Waals surface area (Å²) < 4.78 is 0. The van der Waals surface area contributed by atoms with Gasteiger partial charge in [0.25, 0.3) is 0 Å². The largest absolute Gasteiger partial charge is 0.241 e. The van der Waals surface area contributed by atoms with Crippen LogP contribution in [0.3, 0.4) is 0 Å². The maximum Gasteiger partial charge on any atom is 0.104 e. The van der Waals surface area contributed by atoms with E-state index in [9.17, 15) is 0 Å². The van der Waals surface area contributed by atoms with Gasteiger partial charge in [-0.3, -0.25) is 0 Å². The van der Waals surface area contributed by atoms with Crippen molar-refractivity contribution in [3.63, 3.8) is 0 Å². The van der Waals surface area contributed by atoms with Crippen molar-refractivity contribution < 1.29 is 0 Å². The number of para-hydroxylation sites is 1. The predicted molar refractivity (Wildman–Crippen MR) is 58.6 cm³/mol. The molecule has 64 valence electrons. The van der Waals surface area contributed by atoms with Gasteiger partial charge in [-0.25, -0.2) is 4.99 Å². The van der Waals surface area contributed by atoms with E-state index >= 15 is 0 Å². The van der Waals surface area contributed by atoms with E-state index in [2.05, 4.69) is 29.3 Å². The van der Waals surface area contributed by atoms with Gasteiger partial charge >= 0.3 is 0 Å². The van der Waals surface area contributed by atoms with Crippen LogP contribution in [0.4, 0.5) is 5.69 Å². The molecule has 0 unspecified atom stereocenters. The van der Waals surface area contributed by atoms with Gasteiger partial charge in [-0.05, 0) is 12.5 Å². The summed E-state index contributed by atoms with van der Waals surface area (Å²) in [6.45, 7) is 0. The highest BCUT2D eigenvalue weighted by molar-refractivity contribution is 8.15. The second-order valence-electron chi connectivity index (χ2n) is 3.19. The van der Waals surface area contributed by atoms with Crippen molar-refractivity contribution in [2.24, 2.45) is 4.99 Å². The van der Waals surface area contributed by atoms with Crippen molar-refractivity contribution in [2.75, 3.05) is 5.75 Å². The standard InChI is InChI=1S/C11H9NS/c1-2-6-10-8(4-1)9-5-3-7-13-11(9)12-10/h1-2,4-6H,3,7H2. The summed E-state index contributed by atoms with van der Waals surface area (Å²) in [5.74, 6) is 1.18. The van der Waals surface area contributed by atoms with Crippen molar-refractivity contribution in [1.82, 2.24) is 0 Å². The van der Waals surface area contributed by atoms with Gasteiger partial charge in [-0.2, -0.15) is 0 Å². The number of thioether (sulfide) groups is 1. The van der Waals surface area contributed by atoms with Gasteiger partial charge in [0.15, 0.2) is 0 Å². The van der Waals surface area contributed by atoms with Crippen LogP contribution in [0.2, 0.25) is 0 Å². The normalized spacial score (nSPS) is 18.8. The Morgan fingerprint density at radius 3 is 3.15 bits per heavy atom. The van der Waals surface area contributed by atoms with Gasteiger partial charge in [-0.15, -0.1) is 11.8 Å². The molecule has 1 nitrogen and oxygen atoms in total. The lowest BCUT2D eigenvalue weighted by Gasteiger charge is -2.08. The molecule has 0 saturated heterocycles. The van der Waals surface area contributed by atoms with Crippen molar-refractivity contribution in [3.05, 3.63) is 35.9 Å². The molecule has 1 aromatic rings. The predicted octanol–water partition coefficient (Wildman–Crippen LogP) is 3.25. The van der Waals surface area contributed by atoms with E-state index in [1.165, 1.54) is 28.4 Å². The van der Waals surface area contributed by atoms with Crippen molar-refractivity contribution in [2.45, 2.75) is 6.42 Å². The summed E-state index contributed by atoms with van der Waals surface area (Å²) in [4.78, 5) is 4.58. The van der Waals surface area contributed by atoms with Crippen LogP contribution in [-0.4, -0.2) is 10.8 Å². The van der Waals surface area contributed by atoms with Crippen LogP contribution in [0, 0.1) is 0 Å². The average Bonchev–Trinajstić information content (AvgIpc) is 2.56. The molecule has 0 radical (unpaired) electrons. The Balaban J connectivity index is 2.23. The van der Waals surface area contributed by atoms with E-state index in [0.717, 1.165) is 5.69 Å². The first-order valence-electron chi connectivity index (χ1n) is 4.46. The second-order valence-corrected chi connectivity index (χ2v) is 4.27. The fourth-order valence-electron chi connectivity index (χ4n) is 1.75. The molecule has 2 heteroatoms. The van der Waals surface area contributed by atoms with Gasteiger partial charge < -0.3 is 0 Å². The smallest absolute Gasteiger partial charge is 0.104 e. The van der Waals surface area contributed by atoms with Crippen molar-refractivity contribution >= 4 is 28.1 Å². The molecule has 0 spiro atoms. The number of hydrogen-bond acceptors (Lipinski definition) is 2. The molecule has 0 bridgehead atoms. The van der Waals surface area contributed by atoms with Gasteiger partial charge in [0.05, 0.1) is 5.69 Å². The summed E-state index contributed by atoms with van der Waals surface area (Å²) in [7, 11) is 0. The minimum atomic E-state index is 1.14. The Hall–Kier alpha value is -1.02. The molecule has 0 amide bonds. The summed E-state index contributed by atoms with van der Waals surface area (Å²) in [6.07, 6.45) is 3.48. The molecular formula is C11H9NS. The van der Waals surface area contributed by atoms with E-state index in [1.807, 2.05) is 17.8 Å². The summed E-state index contributed by atoms with van der Waals surface area (Å²) in [6, 6.07) is 8.37. The molecule has 1 aromatic carbocycles. The molecule has 0 atom stereocenters. The number of nitrogens with zero attached hydrogens (tertiary/aromatic N) is 1. The highest BCUT2D eigenvalue weighted by Crippen LogP contribution is 2.40. The van der Waals surface area contributed by atoms with Gasteiger partial charge in [0, 0.05) is 16.9 Å². The summed E-state index contributed by atoms with van der Waals surface area (Å²) in [5, 5.41) is 1.22. The first-order chi connectivity index (χ1) is 6.45. The zero-order valence-corrected chi connectivity index (χ0v) is 7.97. The van der Waals surface area contributed by atoms with Crippen molar-refractivity contribution in [3.8, 4) is 0 Å².